The van der Waals surface area contributed by atoms with Gasteiger partial charge in [-0.2, -0.15) is 5.10 Å². The highest BCUT2D eigenvalue weighted by Crippen LogP contribution is 2.32. The molecule has 0 bridgehead atoms. The van der Waals surface area contributed by atoms with E-state index in [2.05, 4.69) is 16.1 Å². The Hall–Kier alpha value is -3.51. The topological polar surface area (TPSA) is 60.2 Å². The first-order valence-electron chi connectivity index (χ1n) is 10.0. The minimum absolute atomic E-state index is 0.0204. The molecular weight excluding hydrogens is 376 g/mol. The second-order valence-corrected chi connectivity index (χ2v) is 7.41. The van der Waals surface area contributed by atoms with Crippen molar-refractivity contribution in [1.82, 2.24) is 19.7 Å². The lowest BCUT2D eigenvalue weighted by molar-refractivity contribution is -0.0246. The van der Waals surface area contributed by atoms with Gasteiger partial charge in [-0.3, -0.25) is 14.5 Å². The van der Waals surface area contributed by atoms with Gasteiger partial charge in [0.1, 0.15) is 6.10 Å². The molecule has 6 nitrogen and oxygen atoms in total. The number of aryl methyl sites for hydroxylation is 1. The first-order valence-corrected chi connectivity index (χ1v) is 10.0. The maximum absolute atomic E-state index is 13.5. The van der Waals surface area contributed by atoms with E-state index in [4.69, 9.17) is 4.74 Å². The lowest BCUT2D eigenvalue weighted by atomic mass is 9.96. The van der Waals surface area contributed by atoms with Crippen molar-refractivity contribution >= 4 is 16.7 Å². The number of amides is 1. The lowest BCUT2D eigenvalue weighted by Gasteiger charge is -2.33. The number of carbonyl (C=O) groups is 1. The zero-order chi connectivity index (χ0) is 20.5. The Labute approximate surface area is 174 Å². The molecule has 30 heavy (non-hydrogen) atoms. The van der Waals surface area contributed by atoms with Gasteiger partial charge in [-0.25, -0.2) is 0 Å². The van der Waals surface area contributed by atoms with Gasteiger partial charge in [0.25, 0.3) is 5.91 Å². The molecule has 150 valence electrons. The van der Waals surface area contributed by atoms with Crippen molar-refractivity contribution in [2.45, 2.75) is 6.10 Å². The van der Waals surface area contributed by atoms with Crippen LogP contribution in [-0.4, -0.2) is 45.3 Å². The zero-order valence-corrected chi connectivity index (χ0v) is 16.7. The Morgan fingerprint density at radius 1 is 1.00 bits per heavy atom. The Kier molecular flexibility index (Phi) is 4.77. The molecule has 0 spiro atoms. The van der Waals surface area contributed by atoms with Gasteiger partial charge in [0, 0.05) is 37.1 Å². The van der Waals surface area contributed by atoms with E-state index in [-0.39, 0.29) is 12.0 Å². The second-order valence-electron chi connectivity index (χ2n) is 7.41. The molecule has 3 heterocycles. The number of nitrogens with zero attached hydrogens (tertiary/aromatic N) is 4. The van der Waals surface area contributed by atoms with E-state index in [1.165, 1.54) is 0 Å². The number of ether oxygens (including phenoxy) is 1. The van der Waals surface area contributed by atoms with E-state index < -0.39 is 0 Å². The van der Waals surface area contributed by atoms with Crippen LogP contribution in [0.3, 0.4) is 0 Å². The fourth-order valence-corrected chi connectivity index (χ4v) is 4.10. The van der Waals surface area contributed by atoms with Crippen LogP contribution in [0.1, 0.15) is 22.2 Å². The summed E-state index contributed by atoms with van der Waals surface area (Å²) in [5, 5.41) is 6.28. The van der Waals surface area contributed by atoms with E-state index in [1.807, 2.05) is 71.2 Å². The highest BCUT2D eigenvalue weighted by atomic mass is 16.5. The summed E-state index contributed by atoms with van der Waals surface area (Å²) in [5.41, 5.74) is 3.65. The van der Waals surface area contributed by atoms with E-state index in [1.54, 1.807) is 12.4 Å². The molecule has 2 aromatic heterocycles. The summed E-state index contributed by atoms with van der Waals surface area (Å²) in [6, 6.07) is 19.7. The SMILES string of the molecule is Cn1nccc1-c1ccc(C(=O)N2CCOC(c3ccccn3)C2)c2ccccc12. The van der Waals surface area contributed by atoms with Crippen LogP contribution in [0.5, 0.6) is 0 Å². The lowest BCUT2D eigenvalue weighted by Crippen LogP contribution is -2.42. The van der Waals surface area contributed by atoms with Crippen LogP contribution in [0.15, 0.2) is 73.1 Å². The maximum Gasteiger partial charge on any atom is 0.254 e. The van der Waals surface area contributed by atoms with Crippen LogP contribution in [0, 0.1) is 0 Å². The standard InChI is InChI=1S/C24H22N4O2/c1-27-22(11-13-26-27)19-9-10-20(18-7-3-2-6-17(18)19)24(29)28-14-15-30-23(16-28)21-8-4-5-12-25-21/h2-13,23H,14-16H2,1H3. The third-order valence-corrected chi connectivity index (χ3v) is 5.62. The number of benzene rings is 2. The summed E-state index contributed by atoms with van der Waals surface area (Å²) in [6.07, 6.45) is 3.34. The maximum atomic E-state index is 13.5. The predicted octanol–water partition coefficient (Wildman–Crippen LogP) is 3.85. The van der Waals surface area contributed by atoms with Crippen molar-refractivity contribution in [3.8, 4) is 11.3 Å². The molecule has 4 aromatic rings. The summed E-state index contributed by atoms with van der Waals surface area (Å²) in [4.78, 5) is 19.8. The highest BCUT2D eigenvalue weighted by Gasteiger charge is 2.28. The molecule has 0 aliphatic carbocycles. The molecule has 0 N–H and O–H groups in total. The molecule has 1 aliphatic rings. The molecule has 0 saturated carbocycles. The van der Waals surface area contributed by atoms with Gasteiger partial charge in [0.15, 0.2) is 0 Å². The van der Waals surface area contributed by atoms with E-state index in [0.717, 1.165) is 27.7 Å². The number of carbonyl (C=O) groups excluding carboxylic acids is 1. The minimum atomic E-state index is -0.205. The van der Waals surface area contributed by atoms with Crippen molar-refractivity contribution in [1.29, 1.82) is 0 Å². The van der Waals surface area contributed by atoms with Gasteiger partial charge in [-0.15, -0.1) is 0 Å². The van der Waals surface area contributed by atoms with Crippen LogP contribution in [-0.2, 0) is 11.8 Å². The first-order chi connectivity index (χ1) is 14.7. The number of hydrogen-bond donors (Lipinski definition) is 0. The molecule has 5 rings (SSSR count). The molecule has 1 amide bonds. The predicted molar refractivity (Wildman–Crippen MR) is 115 cm³/mol. The Morgan fingerprint density at radius 3 is 2.60 bits per heavy atom. The van der Waals surface area contributed by atoms with Crippen LogP contribution in [0.2, 0.25) is 0 Å². The number of morpholine rings is 1. The average molecular weight is 398 g/mol. The fourth-order valence-electron chi connectivity index (χ4n) is 4.10. The molecule has 0 radical (unpaired) electrons. The van der Waals surface area contributed by atoms with Crippen molar-refractivity contribution < 1.29 is 9.53 Å². The molecule has 2 aromatic carbocycles. The monoisotopic (exact) mass is 398 g/mol. The summed E-state index contributed by atoms with van der Waals surface area (Å²) >= 11 is 0. The van der Waals surface area contributed by atoms with Crippen molar-refractivity contribution in [2.24, 2.45) is 7.05 Å². The normalized spacial score (nSPS) is 16.7. The molecule has 1 saturated heterocycles. The van der Waals surface area contributed by atoms with Crippen LogP contribution >= 0.6 is 0 Å². The summed E-state index contributed by atoms with van der Waals surface area (Å²) in [7, 11) is 1.93. The second kappa shape index (κ2) is 7.72. The molecular formula is C24H22N4O2. The average Bonchev–Trinajstić information content (AvgIpc) is 3.24. The van der Waals surface area contributed by atoms with E-state index in [0.29, 0.717) is 25.3 Å². The minimum Gasteiger partial charge on any atom is -0.368 e. The van der Waals surface area contributed by atoms with Crippen molar-refractivity contribution in [2.75, 3.05) is 19.7 Å². The van der Waals surface area contributed by atoms with Crippen LogP contribution < -0.4 is 0 Å². The number of aromatic nitrogens is 3. The first kappa shape index (κ1) is 18.5. The largest absolute Gasteiger partial charge is 0.368 e. The van der Waals surface area contributed by atoms with Crippen molar-refractivity contribution in [3.63, 3.8) is 0 Å². The van der Waals surface area contributed by atoms with Gasteiger partial charge >= 0.3 is 0 Å². The Balaban J connectivity index is 1.50. The summed E-state index contributed by atoms with van der Waals surface area (Å²) in [5.74, 6) is 0.0204. The number of pyridine rings is 1. The third-order valence-electron chi connectivity index (χ3n) is 5.62. The Morgan fingerprint density at radius 2 is 1.83 bits per heavy atom. The van der Waals surface area contributed by atoms with Crippen molar-refractivity contribution in [3.05, 3.63) is 84.3 Å². The van der Waals surface area contributed by atoms with E-state index in [9.17, 15) is 4.79 Å². The molecule has 6 heteroatoms. The zero-order valence-electron chi connectivity index (χ0n) is 16.7. The van der Waals surface area contributed by atoms with Gasteiger partial charge in [-0.1, -0.05) is 36.4 Å². The fraction of sp³-hybridized carbons (Fsp3) is 0.208. The third kappa shape index (κ3) is 3.25. The van der Waals surface area contributed by atoms with E-state index >= 15 is 0 Å². The quantitative estimate of drug-likeness (QED) is 0.526. The van der Waals surface area contributed by atoms with Gasteiger partial charge in [0.2, 0.25) is 0 Å². The number of rotatable bonds is 3. The highest BCUT2D eigenvalue weighted by molar-refractivity contribution is 6.10. The van der Waals surface area contributed by atoms with Crippen LogP contribution in [0.25, 0.3) is 22.0 Å². The smallest absolute Gasteiger partial charge is 0.254 e. The Bertz CT molecular complexity index is 1200. The number of hydrogen-bond acceptors (Lipinski definition) is 4. The molecule has 1 unspecified atom stereocenters. The van der Waals surface area contributed by atoms with Crippen LogP contribution in [0.4, 0.5) is 0 Å². The number of fused-ring (bicyclic) bond motifs is 1. The summed E-state index contributed by atoms with van der Waals surface area (Å²) in [6.45, 7) is 1.56. The molecule has 1 fully saturated rings. The molecule has 1 atom stereocenters. The van der Waals surface area contributed by atoms with Gasteiger partial charge < -0.3 is 9.64 Å². The van der Waals surface area contributed by atoms with Gasteiger partial charge in [0.05, 0.1) is 24.5 Å². The van der Waals surface area contributed by atoms with Gasteiger partial charge in [-0.05, 0) is 35.0 Å². The summed E-state index contributed by atoms with van der Waals surface area (Å²) < 4.78 is 7.73. The molecule has 1 aliphatic heterocycles.